The third kappa shape index (κ3) is 2.97. The fourth-order valence-corrected chi connectivity index (χ4v) is 3.55. The van der Waals surface area contributed by atoms with Crippen LogP contribution in [0.15, 0.2) is 24.3 Å². The van der Waals surface area contributed by atoms with Crippen molar-refractivity contribution < 1.29 is 14.6 Å². The normalized spacial score (nSPS) is 29.6. The molecule has 21 heavy (non-hydrogen) atoms. The van der Waals surface area contributed by atoms with Crippen LogP contribution in [0.4, 0.5) is 0 Å². The van der Waals surface area contributed by atoms with Gasteiger partial charge in [-0.1, -0.05) is 17.7 Å². The monoisotopic (exact) mass is 289 g/mol. The van der Waals surface area contributed by atoms with E-state index in [4.69, 9.17) is 4.74 Å². The van der Waals surface area contributed by atoms with E-state index in [1.54, 1.807) is 0 Å². The number of hydrogen-bond donors (Lipinski definition) is 1. The molecule has 0 aliphatic carbocycles. The summed E-state index contributed by atoms with van der Waals surface area (Å²) in [6.45, 7) is 3.96. The molecule has 2 saturated heterocycles. The van der Waals surface area contributed by atoms with Gasteiger partial charge >= 0.3 is 0 Å². The fourth-order valence-electron chi connectivity index (χ4n) is 3.55. The lowest BCUT2D eigenvalue weighted by Crippen LogP contribution is -2.48. The Hall–Kier alpha value is -1.39. The number of benzene rings is 1. The van der Waals surface area contributed by atoms with E-state index in [2.05, 4.69) is 0 Å². The summed E-state index contributed by atoms with van der Waals surface area (Å²) in [6.07, 6.45) is 2.29. The van der Waals surface area contributed by atoms with Gasteiger partial charge in [0.2, 0.25) is 0 Å². The van der Waals surface area contributed by atoms with Crippen LogP contribution in [-0.2, 0) is 4.74 Å². The first-order valence-electron chi connectivity index (χ1n) is 7.80. The Balaban J connectivity index is 1.78. The molecular formula is C17H23NO3. The fraction of sp³-hybridized carbons (Fsp3) is 0.588. The molecule has 3 rings (SSSR count). The maximum Gasteiger partial charge on any atom is 0.254 e. The highest BCUT2D eigenvalue weighted by atomic mass is 16.5. The van der Waals surface area contributed by atoms with E-state index in [-0.39, 0.29) is 24.0 Å². The van der Waals surface area contributed by atoms with Gasteiger partial charge in [0, 0.05) is 30.7 Å². The molecule has 1 aromatic carbocycles. The number of nitrogens with zero attached hydrogens (tertiary/aromatic N) is 1. The lowest BCUT2D eigenvalue weighted by atomic mass is 9.89. The minimum absolute atomic E-state index is 0.0509. The van der Waals surface area contributed by atoms with E-state index < -0.39 is 0 Å². The van der Waals surface area contributed by atoms with Crippen LogP contribution >= 0.6 is 0 Å². The number of carbonyl (C=O) groups is 1. The zero-order valence-corrected chi connectivity index (χ0v) is 12.5. The molecule has 4 nitrogen and oxygen atoms in total. The summed E-state index contributed by atoms with van der Waals surface area (Å²) in [6, 6.07) is 7.83. The van der Waals surface area contributed by atoms with E-state index in [0.717, 1.165) is 30.5 Å². The van der Waals surface area contributed by atoms with Gasteiger partial charge in [0.25, 0.3) is 5.91 Å². The summed E-state index contributed by atoms with van der Waals surface area (Å²) in [5.74, 6) is 0.133. The van der Waals surface area contributed by atoms with Gasteiger partial charge in [0.15, 0.2) is 0 Å². The molecule has 1 amide bonds. The van der Waals surface area contributed by atoms with Crippen molar-refractivity contribution in [2.45, 2.75) is 38.3 Å². The molecule has 0 saturated carbocycles. The second-order valence-electron chi connectivity index (χ2n) is 6.17. The average Bonchev–Trinajstić information content (AvgIpc) is 2.96. The van der Waals surface area contributed by atoms with Crippen LogP contribution in [0.1, 0.15) is 35.2 Å². The van der Waals surface area contributed by atoms with Gasteiger partial charge in [-0.05, 0) is 38.3 Å². The van der Waals surface area contributed by atoms with Crippen LogP contribution in [0.5, 0.6) is 0 Å². The van der Waals surface area contributed by atoms with Crippen molar-refractivity contribution in [3.63, 3.8) is 0 Å². The number of rotatable bonds is 2. The largest absolute Gasteiger partial charge is 0.393 e. The highest BCUT2D eigenvalue weighted by Gasteiger charge is 2.39. The van der Waals surface area contributed by atoms with Crippen molar-refractivity contribution in [2.24, 2.45) is 5.92 Å². The zero-order valence-electron chi connectivity index (χ0n) is 12.5. The summed E-state index contributed by atoms with van der Waals surface area (Å²) in [5, 5.41) is 10.2. The second kappa shape index (κ2) is 6.16. The summed E-state index contributed by atoms with van der Waals surface area (Å²) >= 11 is 0. The van der Waals surface area contributed by atoms with Crippen LogP contribution in [0.3, 0.4) is 0 Å². The van der Waals surface area contributed by atoms with Crippen molar-refractivity contribution in [1.82, 2.24) is 4.90 Å². The average molecular weight is 289 g/mol. The van der Waals surface area contributed by atoms with Crippen molar-refractivity contribution in [3.8, 4) is 0 Å². The van der Waals surface area contributed by atoms with Gasteiger partial charge in [0.1, 0.15) is 0 Å². The van der Waals surface area contributed by atoms with E-state index >= 15 is 0 Å². The third-order valence-corrected chi connectivity index (χ3v) is 4.68. The number of ether oxygens (including phenoxy) is 1. The van der Waals surface area contributed by atoms with E-state index in [1.807, 2.05) is 36.1 Å². The maximum atomic E-state index is 12.8. The number of amides is 1. The molecule has 3 atom stereocenters. The topological polar surface area (TPSA) is 49.8 Å². The van der Waals surface area contributed by atoms with Gasteiger partial charge in [-0.3, -0.25) is 4.79 Å². The molecule has 2 heterocycles. The molecule has 2 aliphatic heterocycles. The lowest BCUT2D eigenvalue weighted by molar-refractivity contribution is -0.0589. The van der Waals surface area contributed by atoms with Gasteiger partial charge < -0.3 is 14.7 Å². The maximum absolute atomic E-state index is 12.8. The Morgan fingerprint density at radius 1 is 1.38 bits per heavy atom. The van der Waals surface area contributed by atoms with Crippen LogP contribution < -0.4 is 0 Å². The van der Waals surface area contributed by atoms with Crippen molar-refractivity contribution >= 4 is 5.91 Å². The molecule has 4 heteroatoms. The molecule has 114 valence electrons. The zero-order chi connectivity index (χ0) is 14.8. The number of hydrogen-bond acceptors (Lipinski definition) is 3. The Labute approximate surface area is 125 Å². The molecule has 2 aliphatic rings. The highest BCUT2D eigenvalue weighted by molar-refractivity contribution is 5.94. The molecule has 3 unspecified atom stereocenters. The number of aliphatic hydroxyl groups excluding tert-OH is 1. The van der Waals surface area contributed by atoms with E-state index in [9.17, 15) is 9.90 Å². The quantitative estimate of drug-likeness (QED) is 0.906. The molecule has 2 fully saturated rings. The SMILES string of the molecule is Cc1cccc(C(=O)N2CCCC2C2COCCC2O)c1. The Bertz CT molecular complexity index is 517. The van der Waals surface area contributed by atoms with Crippen molar-refractivity contribution in [1.29, 1.82) is 0 Å². The van der Waals surface area contributed by atoms with Crippen molar-refractivity contribution in [3.05, 3.63) is 35.4 Å². The summed E-state index contributed by atoms with van der Waals surface area (Å²) < 4.78 is 5.52. The molecule has 1 N–H and O–H groups in total. The van der Waals surface area contributed by atoms with Gasteiger partial charge in [-0.15, -0.1) is 0 Å². The first kappa shape index (κ1) is 14.5. The smallest absolute Gasteiger partial charge is 0.254 e. The van der Waals surface area contributed by atoms with Gasteiger partial charge in [-0.25, -0.2) is 0 Å². The highest BCUT2D eigenvalue weighted by Crippen LogP contribution is 2.31. The minimum atomic E-state index is -0.352. The Kier molecular flexibility index (Phi) is 4.27. The van der Waals surface area contributed by atoms with E-state index in [0.29, 0.717) is 19.6 Å². The van der Waals surface area contributed by atoms with Crippen LogP contribution in [-0.4, -0.2) is 47.8 Å². The molecule has 0 spiro atoms. The number of aliphatic hydroxyl groups is 1. The summed E-state index contributed by atoms with van der Waals surface area (Å²) in [4.78, 5) is 14.7. The third-order valence-electron chi connectivity index (χ3n) is 4.68. The first-order valence-corrected chi connectivity index (χ1v) is 7.80. The summed E-state index contributed by atoms with van der Waals surface area (Å²) in [5.41, 5.74) is 1.84. The lowest BCUT2D eigenvalue weighted by Gasteiger charge is -2.37. The van der Waals surface area contributed by atoms with Crippen LogP contribution in [0.2, 0.25) is 0 Å². The number of carbonyl (C=O) groups excluding carboxylic acids is 1. The van der Waals surface area contributed by atoms with E-state index in [1.165, 1.54) is 0 Å². The Morgan fingerprint density at radius 2 is 2.24 bits per heavy atom. The molecule has 0 aromatic heterocycles. The molecular weight excluding hydrogens is 266 g/mol. The molecule has 0 radical (unpaired) electrons. The molecule has 1 aromatic rings. The van der Waals surface area contributed by atoms with Gasteiger partial charge in [0.05, 0.1) is 12.7 Å². The van der Waals surface area contributed by atoms with Crippen LogP contribution in [0.25, 0.3) is 0 Å². The number of likely N-dealkylation sites (tertiary alicyclic amines) is 1. The molecule has 0 bridgehead atoms. The first-order chi connectivity index (χ1) is 10.2. The van der Waals surface area contributed by atoms with Gasteiger partial charge in [-0.2, -0.15) is 0 Å². The number of aryl methyl sites for hydroxylation is 1. The predicted octanol–water partition coefficient (Wildman–Crippen LogP) is 2.00. The predicted molar refractivity (Wildman–Crippen MR) is 80.2 cm³/mol. The second-order valence-corrected chi connectivity index (χ2v) is 6.17. The Morgan fingerprint density at radius 3 is 3.00 bits per heavy atom. The minimum Gasteiger partial charge on any atom is -0.393 e. The standard InChI is InChI=1S/C17H23NO3/c1-12-4-2-5-13(10-12)17(20)18-8-3-6-15(18)14-11-21-9-7-16(14)19/h2,4-5,10,14-16,19H,3,6-9,11H2,1H3. The van der Waals surface area contributed by atoms with Crippen molar-refractivity contribution in [2.75, 3.05) is 19.8 Å². The van der Waals surface area contributed by atoms with Crippen LogP contribution in [0, 0.1) is 12.8 Å². The summed E-state index contributed by atoms with van der Waals surface area (Å²) in [7, 11) is 0.